The van der Waals surface area contributed by atoms with Crippen molar-refractivity contribution < 1.29 is 17.6 Å². The van der Waals surface area contributed by atoms with Gasteiger partial charge in [-0.2, -0.15) is 23.3 Å². The molecule has 0 aliphatic heterocycles. The van der Waals surface area contributed by atoms with Crippen molar-refractivity contribution in [2.45, 2.75) is 19.0 Å². The minimum absolute atomic E-state index is 0.310. The first-order chi connectivity index (χ1) is 15.9. The van der Waals surface area contributed by atoms with E-state index in [1.54, 1.807) is 35.3 Å². The van der Waals surface area contributed by atoms with Crippen LogP contribution < -0.4 is 0 Å². The topological polar surface area (TPSA) is 59.4 Å². The molecule has 3 aromatic heterocycles. The molecule has 5 rings (SSSR count). The Morgan fingerprint density at radius 3 is 2.36 bits per heavy atom. The summed E-state index contributed by atoms with van der Waals surface area (Å²) in [6.45, 7) is 0. The molecule has 0 aliphatic carbocycles. The third-order valence-electron chi connectivity index (χ3n) is 5.33. The van der Waals surface area contributed by atoms with Crippen LogP contribution in [0.1, 0.15) is 16.7 Å². The van der Waals surface area contributed by atoms with Gasteiger partial charge in [-0.25, -0.2) is 14.1 Å². The zero-order chi connectivity index (χ0) is 23.0. The number of aromatic nitrogens is 5. The summed E-state index contributed by atoms with van der Waals surface area (Å²) in [5, 5.41) is 4.62. The van der Waals surface area contributed by atoms with E-state index in [0.29, 0.717) is 35.7 Å². The molecule has 5 nitrogen and oxygen atoms in total. The maximum atomic E-state index is 13.2. The first-order valence-corrected chi connectivity index (χ1v) is 10.2. The average Bonchev–Trinajstić information content (AvgIpc) is 3.42. The number of halogens is 4. The second kappa shape index (κ2) is 8.16. The lowest BCUT2D eigenvalue weighted by molar-refractivity contribution is -0.137. The van der Waals surface area contributed by atoms with Crippen LogP contribution in [0, 0.1) is 5.82 Å². The molecule has 33 heavy (non-hydrogen) atoms. The zero-order valence-electron chi connectivity index (χ0n) is 17.1. The smallest absolute Gasteiger partial charge is 0.321 e. The molecule has 9 heteroatoms. The van der Waals surface area contributed by atoms with Gasteiger partial charge in [0, 0.05) is 18.0 Å². The molecule has 0 atom stereocenters. The van der Waals surface area contributed by atoms with E-state index in [1.807, 2.05) is 6.07 Å². The molecule has 0 saturated carbocycles. The molecule has 0 unspecified atom stereocenters. The molecule has 5 aromatic rings. The van der Waals surface area contributed by atoms with Gasteiger partial charge in [0.25, 0.3) is 0 Å². The van der Waals surface area contributed by atoms with Crippen molar-refractivity contribution in [3.63, 3.8) is 0 Å². The van der Waals surface area contributed by atoms with Crippen LogP contribution in [-0.4, -0.2) is 24.7 Å². The maximum absolute atomic E-state index is 13.2. The van der Waals surface area contributed by atoms with E-state index in [-0.39, 0.29) is 5.82 Å². The molecule has 0 radical (unpaired) electrons. The highest BCUT2D eigenvalue weighted by atomic mass is 19.4. The summed E-state index contributed by atoms with van der Waals surface area (Å²) >= 11 is 0. The van der Waals surface area contributed by atoms with Gasteiger partial charge in [0.1, 0.15) is 5.82 Å². The van der Waals surface area contributed by atoms with E-state index in [2.05, 4.69) is 20.1 Å². The number of rotatable bonds is 5. The van der Waals surface area contributed by atoms with Gasteiger partial charge < -0.3 is 4.98 Å². The summed E-state index contributed by atoms with van der Waals surface area (Å²) < 4.78 is 53.8. The highest BCUT2D eigenvalue weighted by Crippen LogP contribution is 2.32. The monoisotopic (exact) mass is 451 g/mol. The number of fused-ring (bicyclic) bond motifs is 1. The maximum Gasteiger partial charge on any atom is 0.416 e. The van der Waals surface area contributed by atoms with Crippen molar-refractivity contribution in [3.05, 3.63) is 95.6 Å². The van der Waals surface area contributed by atoms with Crippen LogP contribution >= 0.6 is 0 Å². The van der Waals surface area contributed by atoms with E-state index in [4.69, 9.17) is 0 Å². The predicted molar refractivity (Wildman–Crippen MR) is 115 cm³/mol. The predicted octanol–water partition coefficient (Wildman–Crippen LogP) is 5.75. The highest BCUT2D eigenvalue weighted by Gasteiger charge is 2.30. The van der Waals surface area contributed by atoms with Crippen LogP contribution in [0.3, 0.4) is 0 Å². The highest BCUT2D eigenvalue weighted by molar-refractivity contribution is 5.71. The van der Waals surface area contributed by atoms with Crippen LogP contribution in [0.2, 0.25) is 0 Å². The average molecular weight is 451 g/mol. The third-order valence-corrected chi connectivity index (χ3v) is 5.33. The number of aromatic amines is 1. The first kappa shape index (κ1) is 20.9. The molecular formula is C24H17F4N5. The summed E-state index contributed by atoms with van der Waals surface area (Å²) in [6, 6.07) is 14.8. The van der Waals surface area contributed by atoms with Crippen molar-refractivity contribution in [2.75, 3.05) is 0 Å². The first-order valence-electron chi connectivity index (χ1n) is 10.2. The Balaban J connectivity index is 1.52. The number of hydrogen-bond acceptors (Lipinski definition) is 3. The van der Waals surface area contributed by atoms with Crippen LogP contribution in [-0.2, 0) is 19.0 Å². The Bertz CT molecular complexity index is 1370. The number of imidazole rings is 1. The van der Waals surface area contributed by atoms with Gasteiger partial charge in [-0.1, -0.05) is 24.3 Å². The van der Waals surface area contributed by atoms with Gasteiger partial charge in [0.2, 0.25) is 5.95 Å². The summed E-state index contributed by atoms with van der Waals surface area (Å²) in [7, 11) is 0. The Hall–Kier alpha value is -4.01. The normalized spacial score (nSPS) is 11.9. The number of benzene rings is 2. The van der Waals surface area contributed by atoms with Crippen LogP contribution in [0.4, 0.5) is 17.6 Å². The Labute approximate surface area is 185 Å². The van der Waals surface area contributed by atoms with E-state index in [9.17, 15) is 17.6 Å². The number of nitrogens with one attached hydrogen (secondary N) is 1. The van der Waals surface area contributed by atoms with Gasteiger partial charge in [0.15, 0.2) is 5.65 Å². The van der Waals surface area contributed by atoms with Crippen LogP contribution in [0.25, 0.3) is 28.4 Å². The van der Waals surface area contributed by atoms with Crippen molar-refractivity contribution in [2.24, 2.45) is 0 Å². The van der Waals surface area contributed by atoms with Gasteiger partial charge in [-0.3, -0.25) is 0 Å². The SMILES string of the molecule is Fc1ccc(CCc2cn(-c3nc4ncccc4[nH]3)nc2-c2ccc(C(F)(F)F)cc2)cc1. The number of aryl methyl sites for hydroxylation is 2. The summed E-state index contributed by atoms with van der Waals surface area (Å²) in [5.41, 5.74) is 3.44. The van der Waals surface area contributed by atoms with Crippen molar-refractivity contribution >= 4 is 11.2 Å². The molecule has 0 amide bonds. The zero-order valence-corrected chi connectivity index (χ0v) is 17.1. The van der Waals surface area contributed by atoms with Gasteiger partial charge in [0.05, 0.1) is 16.8 Å². The van der Waals surface area contributed by atoms with E-state index in [0.717, 1.165) is 28.8 Å². The molecular weight excluding hydrogens is 434 g/mol. The Kier molecular flexibility index (Phi) is 5.16. The number of pyridine rings is 1. The minimum Gasteiger partial charge on any atom is -0.321 e. The van der Waals surface area contributed by atoms with E-state index in [1.165, 1.54) is 24.3 Å². The van der Waals surface area contributed by atoms with Crippen LogP contribution in [0.15, 0.2) is 73.1 Å². The molecule has 3 heterocycles. The van der Waals surface area contributed by atoms with E-state index < -0.39 is 11.7 Å². The second-order valence-electron chi connectivity index (χ2n) is 7.58. The number of nitrogens with zero attached hydrogens (tertiary/aromatic N) is 4. The molecule has 1 N–H and O–H groups in total. The largest absolute Gasteiger partial charge is 0.416 e. The summed E-state index contributed by atoms with van der Waals surface area (Å²) in [6.07, 6.45) is 0.193. The minimum atomic E-state index is -4.41. The molecule has 0 saturated heterocycles. The van der Waals surface area contributed by atoms with Gasteiger partial charge in [-0.15, -0.1) is 0 Å². The van der Waals surface area contributed by atoms with Crippen molar-refractivity contribution in [3.8, 4) is 17.2 Å². The molecule has 0 aliphatic rings. The van der Waals surface area contributed by atoms with Crippen molar-refractivity contribution in [1.29, 1.82) is 0 Å². The fourth-order valence-corrected chi connectivity index (χ4v) is 3.63. The van der Waals surface area contributed by atoms with E-state index >= 15 is 0 Å². The molecule has 0 fully saturated rings. The summed E-state index contributed by atoms with van der Waals surface area (Å²) in [4.78, 5) is 11.8. The Morgan fingerprint density at radius 2 is 1.67 bits per heavy atom. The molecule has 166 valence electrons. The molecule has 2 aromatic carbocycles. The fourth-order valence-electron chi connectivity index (χ4n) is 3.63. The van der Waals surface area contributed by atoms with Crippen LogP contribution in [0.5, 0.6) is 0 Å². The molecule has 0 bridgehead atoms. The number of H-pyrrole nitrogens is 1. The lowest BCUT2D eigenvalue weighted by atomic mass is 10.0. The lowest BCUT2D eigenvalue weighted by Crippen LogP contribution is -2.04. The quantitative estimate of drug-likeness (QED) is 0.346. The lowest BCUT2D eigenvalue weighted by Gasteiger charge is -2.08. The third kappa shape index (κ3) is 4.34. The number of alkyl halides is 3. The second-order valence-corrected chi connectivity index (χ2v) is 7.58. The van der Waals surface area contributed by atoms with Crippen molar-refractivity contribution in [1.82, 2.24) is 24.7 Å². The standard InChI is InChI=1S/C24H17F4N5/c25-19-11-4-15(5-12-19)3-6-17-14-33(23-30-20-2-1-13-29-22(20)31-23)32-21(17)16-7-9-18(10-8-16)24(26,27)28/h1-2,4-5,7-14H,3,6H2,(H,29,30,31). The Morgan fingerprint density at radius 1 is 0.909 bits per heavy atom. The fraction of sp³-hybridized carbons (Fsp3) is 0.125. The summed E-state index contributed by atoms with van der Waals surface area (Å²) in [5.74, 6) is 0.139. The van der Waals surface area contributed by atoms with Gasteiger partial charge >= 0.3 is 6.18 Å². The number of hydrogen-bond donors (Lipinski definition) is 1. The van der Waals surface area contributed by atoms with Gasteiger partial charge in [-0.05, 0) is 60.4 Å². The molecule has 0 spiro atoms.